The summed E-state index contributed by atoms with van der Waals surface area (Å²) in [5, 5.41) is 14.1. The normalized spacial score (nSPS) is 10.1. The van der Waals surface area contributed by atoms with E-state index >= 15 is 0 Å². The molecule has 3 aromatic rings. The van der Waals surface area contributed by atoms with Crippen molar-refractivity contribution in [2.45, 2.75) is 6.92 Å². The van der Waals surface area contributed by atoms with Crippen LogP contribution in [-0.2, 0) is 0 Å². The van der Waals surface area contributed by atoms with Crippen molar-refractivity contribution in [1.82, 2.24) is 4.98 Å². The first kappa shape index (κ1) is 16.7. The minimum Gasteiger partial charge on any atom is -0.496 e. The molecule has 5 nitrogen and oxygen atoms in total. The van der Waals surface area contributed by atoms with Crippen LogP contribution in [0.15, 0.2) is 47.8 Å². The minimum absolute atomic E-state index is 0.297. The van der Waals surface area contributed by atoms with Crippen molar-refractivity contribution in [3.8, 4) is 23.1 Å². The van der Waals surface area contributed by atoms with Crippen molar-refractivity contribution >= 4 is 22.4 Å². The number of carbonyl (C=O) groups is 1. The average molecular weight is 349 g/mol. The van der Waals surface area contributed by atoms with Gasteiger partial charge in [0.05, 0.1) is 24.4 Å². The number of benzene rings is 2. The molecule has 0 fully saturated rings. The van der Waals surface area contributed by atoms with Gasteiger partial charge in [0.2, 0.25) is 0 Å². The standard InChI is InChI=1S/C19H15N3O2S/c1-12-6-7-17(24-2)15(8-12)16-11-25-19(21-16)22-18(23)14-5-3-4-13(9-14)10-20/h3-9,11H,1-2H3,(H,21,22,23). The number of hydrogen-bond donors (Lipinski definition) is 1. The van der Waals surface area contributed by atoms with Crippen molar-refractivity contribution in [3.05, 3.63) is 64.5 Å². The van der Waals surface area contributed by atoms with E-state index in [0.717, 1.165) is 22.6 Å². The van der Waals surface area contributed by atoms with E-state index in [0.29, 0.717) is 16.3 Å². The molecule has 0 aliphatic rings. The number of hydrogen-bond acceptors (Lipinski definition) is 5. The highest BCUT2D eigenvalue weighted by Gasteiger charge is 2.13. The SMILES string of the molecule is COc1ccc(C)cc1-c1csc(NC(=O)c2cccc(C#N)c2)n1. The van der Waals surface area contributed by atoms with E-state index in [1.807, 2.05) is 36.6 Å². The lowest BCUT2D eigenvalue weighted by Crippen LogP contribution is -2.11. The summed E-state index contributed by atoms with van der Waals surface area (Å²) in [5.74, 6) is 0.435. The molecule has 124 valence electrons. The highest BCUT2D eigenvalue weighted by Crippen LogP contribution is 2.33. The maximum atomic E-state index is 12.3. The summed E-state index contributed by atoms with van der Waals surface area (Å²) in [6, 6.07) is 14.4. The van der Waals surface area contributed by atoms with Gasteiger partial charge in [-0.1, -0.05) is 17.7 Å². The van der Waals surface area contributed by atoms with Crippen LogP contribution in [0.3, 0.4) is 0 Å². The maximum Gasteiger partial charge on any atom is 0.257 e. The van der Waals surface area contributed by atoms with Gasteiger partial charge in [0.1, 0.15) is 5.75 Å². The summed E-state index contributed by atoms with van der Waals surface area (Å²) in [4.78, 5) is 16.8. The van der Waals surface area contributed by atoms with Crippen LogP contribution in [0.4, 0.5) is 5.13 Å². The molecule has 0 saturated carbocycles. The zero-order chi connectivity index (χ0) is 17.8. The number of ether oxygens (including phenoxy) is 1. The van der Waals surface area contributed by atoms with Gasteiger partial charge in [0.15, 0.2) is 5.13 Å². The minimum atomic E-state index is -0.297. The van der Waals surface area contributed by atoms with E-state index in [1.54, 1.807) is 31.4 Å². The third-order valence-electron chi connectivity index (χ3n) is 3.61. The lowest BCUT2D eigenvalue weighted by atomic mass is 10.1. The molecular formula is C19H15N3O2S. The number of nitrogens with one attached hydrogen (secondary N) is 1. The highest BCUT2D eigenvalue weighted by atomic mass is 32.1. The molecule has 6 heteroatoms. The average Bonchev–Trinajstić information content (AvgIpc) is 3.10. The zero-order valence-corrected chi connectivity index (χ0v) is 14.6. The molecule has 1 amide bonds. The van der Waals surface area contributed by atoms with E-state index in [-0.39, 0.29) is 5.91 Å². The summed E-state index contributed by atoms with van der Waals surface area (Å²) in [7, 11) is 1.62. The van der Waals surface area contributed by atoms with E-state index < -0.39 is 0 Å². The van der Waals surface area contributed by atoms with E-state index in [4.69, 9.17) is 10.00 Å². The number of thiazole rings is 1. The molecule has 1 heterocycles. The first-order chi connectivity index (χ1) is 12.1. The smallest absolute Gasteiger partial charge is 0.257 e. The van der Waals surface area contributed by atoms with Crippen molar-refractivity contribution in [2.75, 3.05) is 12.4 Å². The molecule has 25 heavy (non-hydrogen) atoms. The second-order valence-electron chi connectivity index (χ2n) is 5.39. The van der Waals surface area contributed by atoms with Crippen molar-refractivity contribution in [3.63, 3.8) is 0 Å². The summed E-state index contributed by atoms with van der Waals surface area (Å²) in [6.07, 6.45) is 0. The van der Waals surface area contributed by atoms with E-state index in [9.17, 15) is 4.79 Å². The number of aromatic nitrogens is 1. The Hall–Kier alpha value is -3.17. The van der Waals surface area contributed by atoms with Crippen LogP contribution in [0, 0.1) is 18.3 Å². The van der Waals surface area contributed by atoms with Crippen LogP contribution in [0.25, 0.3) is 11.3 Å². The fourth-order valence-corrected chi connectivity index (χ4v) is 3.08. The predicted molar refractivity (Wildman–Crippen MR) is 97.9 cm³/mol. The maximum absolute atomic E-state index is 12.3. The number of rotatable bonds is 4. The molecule has 3 rings (SSSR count). The number of nitriles is 1. The molecular weight excluding hydrogens is 334 g/mol. The molecule has 0 atom stereocenters. The third kappa shape index (κ3) is 3.67. The van der Waals surface area contributed by atoms with Crippen molar-refractivity contribution < 1.29 is 9.53 Å². The molecule has 1 aromatic heterocycles. The van der Waals surface area contributed by atoms with Crippen LogP contribution in [0.2, 0.25) is 0 Å². The molecule has 0 spiro atoms. The predicted octanol–water partition coefficient (Wildman–Crippen LogP) is 4.25. The van der Waals surface area contributed by atoms with Gasteiger partial charge in [0.25, 0.3) is 5.91 Å². The first-order valence-electron chi connectivity index (χ1n) is 7.53. The monoisotopic (exact) mass is 349 g/mol. The van der Waals surface area contributed by atoms with Crippen molar-refractivity contribution in [1.29, 1.82) is 5.26 Å². The Labute approximate surface area is 149 Å². The lowest BCUT2D eigenvalue weighted by Gasteiger charge is -2.07. The first-order valence-corrected chi connectivity index (χ1v) is 8.40. The highest BCUT2D eigenvalue weighted by molar-refractivity contribution is 7.14. The van der Waals surface area contributed by atoms with E-state index in [2.05, 4.69) is 10.3 Å². The molecule has 0 bridgehead atoms. The summed E-state index contributed by atoms with van der Waals surface area (Å²) in [5.41, 5.74) is 3.58. The van der Waals surface area contributed by atoms with Gasteiger partial charge in [-0.3, -0.25) is 10.1 Å². The summed E-state index contributed by atoms with van der Waals surface area (Å²) in [6.45, 7) is 2.00. The number of nitrogens with zero attached hydrogens (tertiary/aromatic N) is 2. The Morgan fingerprint density at radius 2 is 2.12 bits per heavy atom. The second-order valence-corrected chi connectivity index (χ2v) is 6.25. The van der Waals surface area contributed by atoms with Crippen LogP contribution in [-0.4, -0.2) is 18.0 Å². The summed E-state index contributed by atoms with van der Waals surface area (Å²) < 4.78 is 5.39. The van der Waals surface area contributed by atoms with Gasteiger partial charge >= 0.3 is 0 Å². The third-order valence-corrected chi connectivity index (χ3v) is 4.37. The second kappa shape index (κ2) is 7.16. The van der Waals surface area contributed by atoms with Gasteiger partial charge in [0, 0.05) is 16.5 Å². The Kier molecular flexibility index (Phi) is 4.78. The Balaban J connectivity index is 1.84. The van der Waals surface area contributed by atoms with Crippen LogP contribution in [0.5, 0.6) is 5.75 Å². The van der Waals surface area contributed by atoms with E-state index in [1.165, 1.54) is 11.3 Å². The number of aryl methyl sites for hydroxylation is 1. The van der Waals surface area contributed by atoms with Gasteiger partial charge in [-0.05, 0) is 37.3 Å². The lowest BCUT2D eigenvalue weighted by molar-refractivity contribution is 0.102. The molecule has 0 radical (unpaired) electrons. The number of amides is 1. The molecule has 0 aliphatic heterocycles. The summed E-state index contributed by atoms with van der Waals surface area (Å²) >= 11 is 1.34. The van der Waals surface area contributed by atoms with Crippen molar-refractivity contribution in [2.24, 2.45) is 0 Å². The topological polar surface area (TPSA) is 75.0 Å². The van der Waals surface area contributed by atoms with Gasteiger partial charge in [-0.15, -0.1) is 11.3 Å². The number of methoxy groups -OCH3 is 1. The fourth-order valence-electron chi connectivity index (χ4n) is 2.38. The van der Waals surface area contributed by atoms with Crippen LogP contribution < -0.4 is 10.1 Å². The zero-order valence-electron chi connectivity index (χ0n) is 13.7. The van der Waals surface area contributed by atoms with Gasteiger partial charge in [-0.2, -0.15) is 5.26 Å². The van der Waals surface area contributed by atoms with Gasteiger partial charge < -0.3 is 4.74 Å². The quantitative estimate of drug-likeness (QED) is 0.764. The Bertz CT molecular complexity index is 973. The van der Waals surface area contributed by atoms with Crippen LogP contribution in [0.1, 0.15) is 21.5 Å². The fraction of sp³-hybridized carbons (Fsp3) is 0.105. The Morgan fingerprint density at radius 3 is 2.88 bits per heavy atom. The molecule has 0 aliphatic carbocycles. The largest absolute Gasteiger partial charge is 0.496 e. The number of anilines is 1. The number of carbonyl (C=O) groups excluding carboxylic acids is 1. The molecule has 0 saturated heterocycles. The molecule has 2 aromatic carbocycles. The molecule has 1 N–H and O–H groups in total. The van der Waals surface area contributed by atoms with Gasteiger partial charge in [-0.25, -0.2) is 4.98 Å². The van der Waals surface area contributed by atoms with Crippen LogP contribution >= 0.6 is 11.3 Å². The molecule has 0 unspecified atom stereocenters. The Morgan fingerprint density at radius 1 is 1.28 bits per heavy atom.